The van der Waals surface area contributed by atoms with Crippen molar-refractivity contribution in [2.75, 3.05) is 0 Å². The highest BCUT2D eigenvalue weighted by Gasteiger charge is 2.21. The molecule has 1 amide bonds. The molecule has 0 radical (unpaired) electrons. The van der Waals surface area contributed by atoms with Crippen LogP contribution in [0.3, 0.4) is 0 Å². The lowest BCUT2D eigenvalue weighted by atomic mass is 9.97. The second-order valence-electron chi connectivity index (χ2n) is 3.49. The van der Waals surface area contributed by atoms with Gasteiger partial charge in [0.2, 0.25) is 5.76 Å². The Balaban J connectivity index is 2.31. The fraction of sp³-hybridized carbons (Fsp3) is 0.182. The molecule has 2 heterocycles. The maximum atomic E-state index is 11.0. The molecule has 1 atom stereocenters. The van der Waals surface area contributed by atoms with E-state index in [2.05, 4.69) is 4.99 Å². The van der Waals surface area contributed by atoms with Crippen LogP contribution >= 0.6 is 0 Å². The van der Waals surface area contributed by atoms with Crippen molar-refractivity contribution < 1.29 is 19.1 Å². The number of carboxylic acids is 1. The first-order valence-corrected chi connectivity index (χ1v) is 4.67. The maximum absolute atomic E-state index is 11.0. The number of rotatable bonds is 2. The van der Waals surface area contributed by atoms with E-state index in [1.807, 2.05) is 0 Å². The van der Waals surface area contributed by atoms with Gasteiger partial charge in [-0.15, -0.1) is 0 Å². The van der Waals surface area contributed by atoms with Crippen LogP contribution in [0.5, 0.6) is 0 Å². The largest absolute Gasteiger partial charge is 0.475 e. The van der Waals surface area contributed by atoms with Gasteiger partial charge < -0.3 is 9.52 Å². The summed E-state index contributed by atoms with van der Waals surface area (Å²) in [5.74, 6) is -1.32. The first kappa shape index (κ1) is 10.4. The number of carboxylic acid groups (broad SMARTS) is 1. The van der Waals surface area contributed by atoms with Crippen LogP contribution in [0.25, 0.3) is 0 Å². The third-order valence-electron chi connectivity index (χ3n) is 2.34. The van der Waals surface area contributed by atoms with Gasteiger partial charge in [0.1, 0.15) is 5.76 Å². The van der Waals surface area contributed by atoms with Crippen molar-refractivity contribution in [3.63, 3.8) is 0 Å². The molecule has 82 valence electrons. The van der Waals surface area contributed by atoms with Crippen molar-refractivity contribution in [2.45, 2.75) is 12.8 Å². The van der Waals surface area contributed by atoms with Crippen molar-refractivity contribution in [1.82, 2.24) is 0 Å². The minimum absolute atomic E-state index is 0.117. The summed E-state index contributed by atoms with van der Waals surface area (Å²) in [7, 11) is 0. The molecule has 2 rings (SSSR count). The van der Waals surface area contributed by atoms with Crippen LogP contribution < -0.4 is 0 Å². The number of dihydropyridines is 1. The number of hydrogen-bond donors (Lipinski definition) is 1. The van der Waals surface area contributed by atoms with Crippen molar-refractivity contribution in [3.05, 3.63) is 35.3 Å². The molecule has 5 heteroatoms. The van der Waals surface area contributed by atoms with Crippen LogP contribution in [0, 0.1) is 0 Å². The number of carbonyl (C=O) groups is 2. The molecule has 0 saturated heterocycles. The third kappa shape index (κ3) is 1.79. The van der Waals surface area contributed by atoms with E-state index < -0.39 is 5.97 Å². The van der Waals surface area contributed by atoms with Gasteiger partial charge in [0.25, 0.3) is 5.91 Å². The van der Waals surface area contributed by atoms with Crippen molar-refractivity contribution in [1.29, 1.82) is 0 Å². The summed E-state index contributed by atoms with van der Waals surface area (Å²) in [6, 6.07) is 2.96. The van der Waals surface area contributed by atoms with E-state index in [4.69, 9.17) is 9.52 Å². The molecule has 1 aromatic heterocycles. The van der Waals surface area contributed by atoms with Gasteiger partial charge in [0.15, 0.2) is 0 Å². The molecule has 1 aliphatic heterocycles. The highest BCUT2D eigenvalue weighted by atomic mass is 16.4. The van der Waals surface area contributed by atoms with E-state index in [1.165, 1.54) is 18.4 Å². The number of amides is 1. The molecule has 1 unspecified atom stereocenters. The number of nitrogens with zero attached hydrogens (tertiary/aromatic N) is 1. The van der Waals surface area contributed by atoms with Gasteiger partial charge in [-0.2, -0.15) is 0 Å². The lowest BCUT2D eigenvalue weighted by molar-refractivity contribution is -0.113. The lowest BCUT2D eigenvalue weighted by Gasteiger charge is -2.12. The highest BCUT2D eigenvalue weighted by Crippen LogP contribution is 2.26. The molecule has 0 spiro atoms. The van der Waals surface area contributed by atoms with Gasteiger partial charge in [-0.25, -0.2) is 9.79 Å². The van der Waals surface area contributed by atoms with E-state index in [9.17, 15) is 9.59 Å². The summed E-state index contributed by atoms with van der Waals surface area (Å²) in [6.07, 6.45) is 2.87. The zero-order valence-corrected chi connectivity index (χ0v) is 8.51. The minimum Gasteiger partial charge on any atom is -0.475 e. The summed E-state index contributed by atoms with van der Waals surface area (Å²) >= 11 is 0. The number of allylic oxidation sites excluding steroid dienone is 1. The van der Waals surface area contributed by atoms with Crippen LogP contribution in [-0.4, -0.2) is 23.2 Å². The molecule has 1 aliphatic rings. The lowest BCUT2D eigenvalue weighted by Crippen LogP contribution is -2.09. The molecular weight excluding hydrogens is 210 g/mol. The third-order valence-corrected chi connectivity index (χ3v) is 2.34. The average Bonchev–Trinajstić information content (AvgIpc) is 2.66. The van der Waals surface area contributed by atoms with Gasteiger partial charge in [-0.05, 0) is 19.1 Å². The summed E-state index contributed by atoms with van der Waals surface area (Å²) < 4.78 is 5.15. The Labute approximate surface area is 91.1 Å². The van der Waals surface area contributed by atoms with Crippen LogP contribution in [0.4, 0.5) is 0 Å². The normalized spacial score (nSPS) is 19.7. The number of carbonyl (C=O) groups excluding carboxylic acids is 1. The maximum Gasteiger partial charge on any atom is 0.371 e. The molecule has 0 saturated carbocycles. The first-order valence-electron chi connectivity index (χ1n) is 4.67. The summed E-state index contributed by atoms with van der Waals surface area (Å²) in [6.45, 7) is 1.77. The van der Waals surface area contributed by atoms with Crippen LogP contribution in [0.15, 0.2) is 33.2 Å². The Morgan fingerprint density at radius 3 is 2.81 bits per heavy atom. The predicted molar refractivity (Wildman–Crippen MR) is 55.7 cm³/mol. The molecule has 0 aromatic carbocycles. The molecule has 1 N–H and O–H groups in total. The molecule has 0 aliphatic carbocycles. The van der Waals surface area contributed by atoms with E-state index in [1.54, 1.807) is 13.0 Å². The quantitative estimate of drug-likeness (QED) is 0.819. The van der Waals surface area contributed by atoms with Crippen LogP contribution in [0.2, 0.25) is 0 Å². The highest BCUT2D eigenvalue weighted by molar-refractivity contribution is 5.99. The molecular formula is C11H9NO4. The Hall–Kier alpha value is -2.17. The number of furan rings is 1. The molecule has 5 nitrogen and oxygen atoms in total. The van der Waals surface area contributed by atoms with Crippen molar-refractivity contribution in [2.24, 2.45) is 4.99 Å². The average molecular weight is 219 g/mol. The second kappa shape index (κ2) is 3.77. The minimum atomic E-state index is -1.11. The van der Waals surface area contributed by atoms with Crippen LogP contribution in [0.1, 0.15) is 29.2 Å². The fourth-order valence-corrected chi connectivity index (χ4v) is 1.52. The molecule has 1 aromatic rings. The van der Waals surface area contributed by atoms with E-state index in [0.29, 0.717) is 5.76 Å². The van der Waals surface area contributed by atoms with Gasteiger partial charge in [0, 0.05) is 12.3 Å². The standard InChI is InChI=1S/C11H9NO4/c1-6-4-10(13)12-5-7(6)8-2-3-9(16-8)11(14)15/h2-5,7H,1H3,(H,14,15). The van der Waals surface area contributed by atoms with Crippen LogP contribution in [-0.2, 0) is 4.79 Å². The first-order chi connectivity index (χ1) is 7.58. The second-order valence-corrected chi connectivity index (χ2v) is 3.49. The Morgan fingerprint density at radius 2 is 2.25 bits per heavy atom. The fourth-order valence-electron chi connectivity index (χ4n) is 1.52. The molecule has 0 fully saturated rings. The monoisotopic (exact) mass is 219 g/mol. The summed E-state index contributed by atoms with van der Waals surface area (Å²) in [4.78, 5) is 25.2. The van der Waals surface area contributed by atoms with Gasteiger partial charge in [0.05, 0.1) is 5.92 Å². The zero-order valence-electron chi connectivity index (χ0n) is 8.51. The topological polar surface area (TPSA) is 79.9 Å². The van der Waals surface area contributed by atoms with E-state index >= 15 is 0 Å². The number of aromatic carboxylic acids is 1. The van der Waals surface area contributed by atoms with Crippen molar-refractivity contribution in [3.8, 4) is 0 Å². The Bertz CT molecular complexity index is 510. The van der Waals surface area contributed by atoms with Gasteiger partial charge >= 0.3 is 5.97 Å². The van der Waals surface area contributed by atoms with E-state index in [0.717, 1.165) is 5.57 Å². The summed E-state index contributed by atoms with van der Waals surface area (Å²) in [5, 5.41) is 8.71. The SMILES string of the molecule is CC1=CC(=O)N=CC1c1ccc(C(=O)O)o1. The zero-order chi connectivity index (χ0) is 11.7. The van der Waals surface area contributed by atoms with Gasteiger partial charge in [-0.3, -0.25) is 4.79 Å². The number of hydrogen-bond acceptors (Lipinski definition) is 3. The predicted octanol–water partition coefficient (Wildman–Crippen LogP) is 1.62. The van der Waals surface area contributed by atoms with Crippen molar-refractivity contribution >= 4 is 18.1 Å². The van der Waals surface area contributed by atoms with E-state index in [-0.39, 0.29) is 17.6 Å². The Kier molecular flexibility index (Phi) is 2.44. The molecule has 16 heavy (non-hydrogen) atoms. The molecule has 0 bridgehead atoms. The smallest absolute Gasteiger partial charge is 0.371 e. The van der Waals surface area contributed by atoms with Gasteiger partial charge in [-0.1, -0.05) is 5.57 Å². The Morgan fingerprint density at radius 1 is 1.50 bits per heavy atom. The summed E-state index contributed by atoms with van der Waals surface area (Å²) in [5.41, 5.74) is 0.784. The number of aliphatic imine (C=N–C) groups is 1.